The number of ether oxygens (including phenoxy) is 3. The summed E-state index contributed by atoms with van der Waals surface area (Å²) in [7, 11) is 4.67. The number of methoxy groups -OCH3 is 3. The average molecular weight is 447 g/mol. The van der Waals surface area contributed by atoms with Gasteiger partial charge in [0.2, 0.25) is 5.91 Å². The van der Waals surface area contributed by atoms with Gasteiger partial charge in [-0.3, -0.25) is 9.59 Å². The van der Waals surface area contributed by atoms with Gasteiger partial charge >= 0.3 is 0 Å². The van der Waals surface area contributed by atoms with E-state index in [4.69, 9.17) is 25.8 Å². The first-order chi connectivity index (χ1) is 15.0. The lowest BCUT2D eigenvalue weighted by Gasteiger charge is -2.23. The van der Waals surface area contributed by atoms with Gasteiger partial charge in [0.15, 0.2) is 11.5 Å². The molecule has 0 spiro atoms. The van der Waals surface area contributed by atoms with Crippen molar-refractivity contribution in [1.82, 2.24) is 9.80 Å². The first kappa shape index (κ1) is 22.7. The van der Waals surface area contributed by atoms with Crippen molar-refractivity contribution in [2.45, 2.75) is 12.8 Å². The van der Waals surface area contributed by atoms with Crippen molar-refractivity contribution < 1.29 is 23.8 Å². The van der Waals surface area contributed by atoms with Crippen molar-refractivity contribution in [3.05, 3.63) is 52.5 Å². The number of nitrogens with zero attached hydrogens (tertiary/aromatic N) is 2. The van der Waals surface area contributed by atoms with Gasteiger partial charge < -0.3 is 24.0 Å². The molecule has 0 N–H and O–H groups in total. The molecule has 8 heteroatoms. The van der Waals surface area contributed by atoms with E-state index in [-0.39, 0.29) is 18.2 Å². The quantitative estimate of drug-likeness (QED) is 0.681. The van der Waals surface area contributed by atoms with Crippen molar-refractivity contribution in [2.24, 2.45) is 0 Å². The lowest BCUT2D eigenvalue weighted by molar-refractivity contribution is -0.130. The Morgan fingerprint density at radius 2 is 1.48 bits per heavy atom. The van der Waals surface area contributed by atoms with Gasteiger partial charge in [-0.15, -0.1) is 0 Å². The third-order valence-electron chi connectivity index (χ3n) is 5.33. The number of benzene rings is 2. The summed E-state index contributed by atoms with van der Waals surface area (Å²) >= 11 is 6.08. The number of hydrogen-bond acceptors (Lipinski definition) is 5. The lowest BCUT2D eigenvalue weighted by Crippen LogP contribution is -2.38. The number of carbonyl (C=O) groups excluding carboxylic acids is 2. The zero-order valence-electron chi connectivity index (χ0n) is 18.0. The molecule has 2 amide bonds. The van der Waals surface area contributed by atoms with E-state index in [0.29, 0.717) is 60.4 Å². The predicted octanol–water partition coefficient (Wildman–Crippen LogP) is 3.28. The number of amides is 2. The van der Waals surface area contributed by atoms with Crippen LogP contribution in [0.25, 0.3) is 0 Å². The minimum atomic E-state index is -0.145. The van der Waals surface area contributed by atoms with Crippen molar-refractivity contribution in [3.63, 3.8) is 0 Å². The Bertz CT molecular complexity index is 950. The van der Waals surface area contributed by atoms with Gasteiger partial charge in [0, 0.05) is 31.2 Å². The van der Waals surface area contributed by atoms with Crippen LogP contribution in [0.1, 0.15) is 22.3 Å². The van der Waals surface area contributed by atoms with E-state index >= 15 is 0 Å². The second kappa shape index (κ2) is 10.4. The van der Waals surface area contributed by atoms with Crippen LogP contribution >= 0.6 is 11.6 Å². The summed E-state index contributed by atoms with van der Waals surface area (Å²) in [6.07, 6.45) is 0.961. The molecule has 1 fully saturated rings. The summed E-state index contributed by atoms with van der Waals surface area (Å²) in [5.74, 6) is 1.57. The highest BCUT2D eigenvalue weighted by molar-refractivity contribution is 6.31. The molecule has 1 aliphatic heterocycles. The Labute approximate surface area is 187 Å². The summed E-state index contributed by atoms with van der Waals surface area (Å²) in [6, 6.07) is 10.5. The van der Waals surface area contributed by atoms with Gasteiger partial charge in [-0.05, 0) is 42.3 Å². The highest BCUT2D eigenvalue weighted by Crippen LogP contribution is 2.28. The highest BCUT2D eigenvalue weighted by Gasteiger charge is 2.25. The van der Waals surface area contributed by atoms with Gasteiger partial charge in [0.25, 0.3) is 5.91 Å². The summed E-state index contributed by atoms with van der Waals surface area (Å²) in [6.45, 7) is 2.09. The van der Waals surface area contributed by atoms with Crippen molar-refractivity contribution >= 4 is 23.4 Å². The molecule has 0 radical (unpaired) electrons. The average Bonchev–Trinajstić information content (AvgIpc) is 3.05. The molecule has 1 heterocycles. The first-order valence-electron chi connectivity index (χ1n) is 10.1. The van der Waals surface area contributed by atoms with Crippen LogP contribution in [0.15, 0.2) is 36.4 Å². The largest absolute Gasteiger partial charge is 0.496 e. The molecule has 0 aliphatic carbocycles. The van der Waals surface area contributed by atoms with Crippen LogP contribution < -0.4 is 14.2 Å². The molecule has 0 bridgehead atoms. The Hall–Kier alpha value is -2.93. The topological polar surface area (TPSA) is 68.3 Å². The zero-order chi connectivity index (χ0) is 22.4. The molecule has 31 heavy (non-hydrogen) atoms. The highest BCUT2D eigenvalue weighted by atomic mass is 35.5. The van der Waals surface area contributed by atoms with Crippen LogP contribution in [0.5, 0.6) is 17.2 Å². The number of carbonyl (C=O) groups is 2. The molecular formula is C23H27ClN2O5. The van der Waals surface area contributed by atoms with Crippen molar-refractivity contribution in [3.8, 4) is 17.2 Å². The van der Waals surface area contributed by atoms with Crippen LogP contribution in [0.4, 0.5) is 0 Å². The summed E-state index contributed by atoms with van der Waals surface area (Å²) in [5.41, 5.74) is 1.28. The smallest absolute Gasteiger partial charge is 0.257 e. The summed E-state index contributed by atoms with van der Waals surface area (Å²) in [5, 5.41) is 0.477. The minimum absolute atomic E-state index is 0.0156. The van der Waals surface area contributed by atoms with Crippen LogP contribution in [0, 0.1) is 0 Å². The summed E-state index contributed by atoms with van der Waals surface area (Å²) < 4.78 is 15.9. The fourth-order valence-electron chi connectivity index (χ4n) is 3.66. The van der Waals surface area contributed by atoms with Crippen molar-refractivity contribution in [1.29, 1.82) is 0 Å². The van der Waals surface area contributed by atoms with E-state index < -0.39 is 0 Å². The summed E-state index contributed by atoms with van der Waals surface area (Å²) in [4.78, 5) is 29.5. The number of hydrogen-bond donors (Lipinski definition) is 0. The first-order valence-corrected chi connectivity index (χ1v) is 10.5. The normalized spacial score (nSPS) is 14.1. The van der Waals surface area contributed by atoms with Crippen LogP contribution in [0.3, 0.4) is 0 Å². The molecule has 0 saturated carbocycles. The maximum atomic E-state index is 13.0. The maximum Gasteiger partial charge on any atom is 0.257 e. The molecule has 0 aromatic heterocycles. The fraction of sp³-hybridized carbons (Fsp3) is 0.391. The standard InChI is InChI=1S/C23H27ClN2O5/c1-29-19-8-6-17(24)15-18(19)23(28)26-10-4-9-25(11-12-26)22(27)14-16-5-7-20(30-2)21(13-16)31-3/h5-8,13,15H,4,9-12,14H2,1-3H3. The van der Waals surface area contributed by atoms with Crippen LogP contribution in [0.2, 0.25) is 5.02 Å². The SMILES string of the molecule is COc1ccc(CC(=O)N2CCCN(C(=O)c3cc(Cl)ccc3OC)CC2)cc1OC. The van der Waals surface area contributed by atoms with E-state index in [1.54, 1.807) is 48.3 Å². The predicted molar refractivity (Wildman–Crippen MR) is 118 cm³/mol. The molecule has 7 nitrogen and oxygen atoms in total. The van der Waals surface area contributed by atoms with Gasteiger partial charge in [-0.2, -0.15) is 0 Å². The number of halogens is 1. The Morgan fingerprint density at radius 1 is 0.839 bits per heavy atom. The Kier molecular flexibility index (Phi) is 7.63. The van der Waals surface area contributed by atoms with Gasteiger partial charge in [-0.25, -0.2) is 0 Å². The second-order valence-corrected chi connectivity index (χ2v) is 7.67. The van der Waals surface area contributed by atoms with E-state index in [1.165, 1.54) is 7.11 Å². The van der Waals surface area contributed by atoms with Crippen molar-refractivity contribution in [2.75, 3.05) is 47.5 Å². The van der Waals surface area contributed by atoms with E-state index in [0.717, 1.165) is 5.56 Å². The fourth-order valence-corrected chi connectivity index (χ4v) is 3.84. The minimum Gasteiger partial charge on any atom is -0.496 e. The monoisotopic (exact) mass is 446 g/mol. The molecular weight excluding hydrogens is 420 g/mol. The zero-order valence-corrected chi connectivity index (χ0v) is 18.8. The molecule has 0 atom stereocenters. The third kappa shape index (κ3) is 5.41. The van der Waals surface area contributed by atoms with E-state index in [2.05, 4.69) is 0 Å². The molecule has 2 aromatic carbocycles. The Balaban J connectivity index is 1.65. The third-order valence-corrected chi connectivity index (χ3v) is 5.57. The molecule has 2 aromatic rings. The molecule has 1 saturated heterocycles. The number of rotatable bonds is 6. The molecule has 3 rings (SSSR count). The van der Waals surface area contributed by atoms with E-state index in [1.807, 2.05) is 12.1 Å². The maximum absolute atomic E-state index is 13.0. The van der Waals surface area contributed by atoms with Crippen LogP contribution in [-0.4, -0.2) is 69.1 Å². The van der Waals surface area contributed by atoms with Gasteiger partial charge in [0.05, 0.1) is 33.3 Å². The molecule has 166 valence electrons. The molecule has 0 unspecified atom stereocenters. The van der Waals surface area contributed by atoms with Crippen LogP contribution in [-0.2, 0) is 11.2 Å². The Morgan fingerprint density at radius 3 is 2.19 bits per heavy atom. The second-order valence-electron chi connectivity index (χ2n) is 7.24. The lowest BCUT2D eigenvalue weighted by atomic mass is 10.1. The van der Waals surface area contributed by atoms with E-state index in [9.17, 15) is 9.59 Å². The van der Waals surface area contributed by atoms with Gasteiger partial charge in [-0.1, -0.05) is 17.7 Å². The van der Waals surface area contributed by atoms with Gasteiger partial charge in [0.1, 0.15) is 5.75 Å². The molecule has 1 aliphatic rings.